The van der Waals surface area contributed by atoms with Gasteiger partial charge in [-0.25, -0.2) is 4.79 Å². The van der Waals surface area contributed by atoms with Gasteiger partial charge in [-0.05, 0) is 62.9 Å². The Bertz CT molecular complexity index is 1030. The predicted octanol–water partition coefficient (Wildman–Crippen LogP) is 3.99. The topological polar surface area (TPSA) is 38.8 Å². The van der Waals surface area contributed by atoms with Gasteiger partial charge in [0.15, 0.2) is 0 Å². The Hall–Kier alpha value is -1.46. The number of amides is 2. The molecular weight excluding hydrogens is 372 g/mol. The van der Waals surface area contributed by atoms with Gasteiger partial charge in [0, 0.05) is 58.6 Å². The average Bonchev–Trinajstić information content (AvgIpc) is 2.83. The van der Waals surface area contributed by atoms with Crippen molar-refractivity contribution in [3.8, 4) is 0 Å². The first-order valence-corrected chi connectivity index (χ1v) is 9.79. The normalized spacial score (nSPS) is 41.2. The van der Waals surface area contributed by atoms with E-state index in [-0.39, 0.29) is 6.54 Å². The van der Waals surface area contributed by atoms with Gasteiger partial charge < -0.3 is 15.1 Å². The minimum absolute atomic E-state index is 0.0130. The fourth-order valence-corrected chi connectivity index (χ4v) is 3.35. The third-order valence-corrected chi connectivity index (χ3v) is 5.37. The molecule has 0 atom stereocenters. The van der Waals surface area contributed by atoms with Crippen molar-refractivity contribution in [3.63, 3.8) is 0 Å². The summed E-state index contributed by atoms with van der Waals surface area (Å²) in [7, 11) is 2.55. The zero-order valence-electron chi connectivity index (χ0n) is 26.6. The van der Waals surface area contributed by atoms with Gasteiger partial charge in [0.1, 0.15) is 0 Å². The lowest BCUT2D eigenvalue weighted by atomic mass is 9.84. The Morgan fingerprint density at radius 1 is 1.25 bits per heavy atom. The summed E-state index contributed by atoms with van der Waals surface area (Å²) in [6.07, 6.45) is -14.2. The van der Waals surface area contributed by atoms with Crippen molar-refractivity contribution < 1.29 is 18.5 Å². The van der Waals surface area contributed by atoms with Crippen LogP contribution >= 0.6 is 11.6 Å². The molecule has 2 fully saturated rings. The number of piperazine rings is 1. The summed E-state index contributed by atoms with van der Waals surface area (Å²) in [5.74, 6) is -2.92. The Balaban J connectivity index is 1.85. The van der Waals surface area contributed by atoms with Crippen molar-refractivity contribution in [2.24, 2.45) is 5.89 Å². The van der Waals surface area contributed by atoms with E-state index < -0.39 is 49.9 Å². The number of anilines is 1. The van der Waals surface area contributed by atoms with E-state index in [0.29, 0.717) is 31.2 Å². The molecule has 1 heterocycles. The number of carbonyl (C=O) groups is 1. The molecule has 2 amide bonds. The smallest absolute Gasteiger partial charge is 0.317 e. The van der Waals surface area contributed by atoms with Crippen LogP contribution in [0.25, 0.3) is 0 Å². The number of benzene rings is 1. The van der Waals surface area contributed by atoms with E-state index in [1.165, 1.54) is 14.1 Å². The number of halogens is 1. The van der Waals surface area contributed by atoms with Gasteiger partial charge in [0.05, 0.1) is 12.1 Å². The van der Waals surface area contributed by atoms with Crippen LogP contribution in [-0.2, 0) is 0 Å². The lowest BCUT2D eigenvalue weighted by Gasteiger charge is -2.37. The molecule has 28 heavy (non-hydrogen) atoms. The van der Waals surface area contributed by atoms with Gasteiger partial charge in [0.25, 0.3) is 0 Å². The van der Waals surface area contributed by atoms with E-state index in [9.17, 15) is 4.79 Å². The molecule has 5 nitrogen and oxygen atoms in total. The first-order chi connectivity index (χ1) is 17.2. The fourth-order valence-electron chi connectivity index (χ4n) is 3.10. The van der Waals surface area contributed by atoms with Crippen molar-refractivity contribution in [3.05, 3.63) is 28.8 Å². The van der Waals surface area contributed by atoms with Gasteiger partial charge in [-0.3, -0.25) is 4.90 Å². The van der Waals surface area contributed by atoms with E-state index in [0.717, 1.165) is 16.2 Å². The van der Waals surface area contributed by atoms with Crippen LogP contribution in [0.5, 0.6) is 0 Å². The second-order valence-corrected chi connectivity index (χ2v) is 7.54. The highest BCUT2D eigenvalue weighted by atomic mass is 35.5. The number of nitrogens with one attached hydrogen (secondary N) is 1. The summed E-state index contributed by atoms with van der Waals surface area (Å²) in [6.45, 7) is 4.06. The lowest BCUT2D eigenvalue weighted by molar-refractivity contribution is 0.194. The molecule has 0 bridgehead atoms. The van der Waals surface area contributed by atoms with Gasteiger partial charge >= 0.3 is 6.03 Å². The summed E-state index contributed by atoms with van der Waals surface area (Å²) in [4.78, 5) is 17.2. The largest absolute Gasteiger partial charge is 0.368 e. The highest BCUT2D eigenvalue weighted by molar-refractivity contribution is 6.34. The molecule has 156 valence electrons. The van der Waals surface area contributed by atoms with Crippen LogP contribution in [0.1, 0.15) is 51.2 Å². The van der Waals surface area contributed by atoms with E-state index in [2.05, 4.69) is 4.90 Å². The third-order valence-electron chi connectivity index (χ3n) is 4.88. The van der Waals surface area contributed by atoms with E-state index in [1.807, 2.05) is 35.3 Å². The number of urea groups is 1. The Morgan fingerprint density at radius 2 is 1.93 bits per heavy atom. The fraction of sp³-hybridized carbons (Fsp3) is 0.682. The maximum Gasteiger partial charge on any atom is 0.317 e. The zero-order chi connectivity index (χ0) is 29.1. The number of hydrogen-bond donors (Lipinski definition) is 1. The molecule has 2 aliphatic rings. The molecule has 1 aliphatic heterocycles. The van der Waals surface area contributed by atoms with Gasteiger partial charge in [0.2, 0.25) is 0 Å². The van der Waals surface area contributed by atoms with Crippen molar-refractivity contribution in [2.45, 2.75) is 44.9 Å². The first-order valence-electron chi connectivity index (χ1n) is 14.4. The molecule has 0 aromatic heterocycles. The van der Waals surface area contributed by atoms with Crippen LogP contribution in [0.15, 0.2) is 18.2 Å². The van der Waals surface area contributed by atoms with Crippen molar-refractivity contribution >= 4 is 23.3 Å². The van der Waals surface area contributed by atoms with Crippen molar-refractivity contribution in [1.82, 2.24) is 15.1 Å². The minimum atomic E-state index is -3.47. The summed E-state index contributed by atoms with van der Waals surface area (Å²) in [5, 5.41) is 2.52. The molecular formula is C22H35ClN4O. The van der Waals surface area contributed by atoms with Crippen LogP contribution in [0.3, 0.4) is 0 Å². The van der Waals surface area contributed by atoms with Gasteiger partial charge in [-0.15, -0.1) is 0 Å². The van der Waals surface area contributed by atoms with Crippen LogP contribution < -0.4 is 10.2 Å². The molecule has 0 spiro atoms. The minimum Gasteiger partial charge on any atom is -0.368 e. The molecule has 1 aliphatic carbocycles. The highest BCUT2D eigenvalue weighted by Crippen LogP contribution is 2.30. The number of hydrogen-bond acceptors (Lipinski definition) is 3. The standard InChI is InChI=1S/C22H35ClN4O/c1-17-5-4-6-20(21(17)23)27-15-13-26(14-16-27)12-11-18-7-9-19(10-8-18)24-22(28)25(2)3/h4-6,18-19H,7-16H2,1-3H3,(H,24,28)/t18-,19-/i7D2,8D2,9D2,10D2,18D,19D. The molecule has 1 saturated heterocycles. The highest BCUT2D eigenvalue weighted by Gasteiger charge is 2.24. The van der Waals surface area contributed by atoms with E-state index in [4.69, 9.17) is 25.3 Å². The summed E-state index contributed by atoms with van der Waals surface area (Å²) in [5.41, 5.74) is 1.83. The molecule has 1 N–H and O–H groups in total. The van der Waals surface area contributed by atoms with Gasteiger partial charge in [-0.2, -0.15) is 0 Å². The maximum atomic E-state index is 12.3. The molecule has 0 unspecified atom stereocenters. The SMILES string of the molecule is [2H]C1([2H])C([2H])([2H])[C@]([2H])(NC(=O)N(C)C)C([2H])([2H])C([2H])([2H])[C@@]1([2H])CCN1CCN(c2cccc(C)c2Cl)CC1. The number of rotatable bonds is 5. The van der Waals surface area contributed by atoms with Crippen LogP contribution in [-0.4, -0.2) is 68.7 Å². The van der Waals surface area contributed by atoms with Crippen LogP contribution in [0, 0.1) is 12.8 Å². The van der Waals surface area contributed by atoms with Crippen LogP contribution in [0.4, 0.5) is 10.5 Å². The van der Waals surface area contributed by atoms with E-state index in [1.54, 1.807) is 0 Å². The number of nitrogens with zero attached hydrogens (tertiary/aromatic N) is 3. The second kappa shape index (κ2) is 9.84. The van der Waals surface area contributed by atoms with E-state index >= 15 is 0 Å². The monoisotopic (exact) mass is 416 g/mol. The van der Waals surface area contributed by atoms with Gasteiger partial charge in [-0.1, -0.05) is 23.7 Å². The quantitative estimate of drug-likeness (QED) is 0.788. The summed E-state index contributed by atoms with van der Waals surface area (Å²) in [6, 6.07) is 1.30. The lowest BCUT2D eigenvalue weighted by Crippen LogP contribution is -2.47. The molecule has 3 rings (SSSR count). The molecule has 6 heteroatoms. The van der Waals surface area contributed by atoms with Crippen molar-refractivity contribution in [2.75, 3.05) is 51.7 Å². The third kappa shape index (κ3) is 5.54. The predicted molar refractivity (Wildman–Crippen MR) is 117 cm³/mol. The molecule has 0 radical (unpaired) electrons. The average molecular weight is 417 g/mol. The Kier molecular flexibility index (Phi) is 4.10. The number of carbonyl (C=O) groups excluding carboxylic acids is 1. The summed E-state index contributed by atoms with van der Waals surface area (Å²) < 4.78 is 85.9. The van der Waals surface area contributed by atoms with Crippen molar-refractivity contribution in [1.29, 1.82) is 0 Å². The second-order valence-electron chi connectivity index (χ2n) is 7.16. The van der Waals surface area contributed by atoms with Crippen LogP contribution in [0.2, 0.25) is 5.02 Å². The molecule has 1 aromatic carbocycles. The summed E-state index contributed by atoms with van der Waals surface area (Å²) >= 11 is 6.45. The Morgan fingerprint density at radius 3 is 2.57 bits per heavy atom. The molecule has 1 aromatic rings. The first kappa shape index (κ1) is 11.7. The zero-order valence-corrected chi connectivity index (χ0v) is 17.4. The maximum absolute atomic E-state index is 12.3. The number of aryl methyl sites for hydroxylation is 1. The molecule has 1 saturated carbocycles. The Labute approximate surface area is 189 Å².